The number of carbonyl (C=O) groups is 1. The quantitative estimate of drug-likeness (QED) is 0.676. The number of nitrogens with zero attached hydrogens (tertiary/aromatic N) is 2. The van der Waals surface area contributed by atoms with Crippen molar-refractivity contribution in [3.8, 4) is 0 Å². The maximum atomic E-state index is 12.5. The maximum Gasteiger partial charge on any atom is 0.237 e. The van der Waals surface area contributed by atoms with Crippen molar-refractivity contribution < 1.29 is 4.79 Å². The zero-order valence-electron chi connectivity index (χ0n) is 14.5. The Morgan fingerprint density at radius 2 is 1.52 bits per heavy atom. The van der Waals surface area contributed by atoms with Crippen LogP contribution < -0.4 is 5.32 Å². The number of anilines is 1. The van der Waals surface area contributed by atoms with E-state index in [-0.39, 0.29) is 11.2 Å². The number of thioether (sulfide) groups is 1. The summed E-state index contributed by atoms with van der Waals surface area (Å²) in [5.74, 6) is -0.0344. The van der Waals surface area contributed by atoms with Crippen molar-refractivity contribution in [1.29, 1.82) is 0 Å². The minimum atomic E-state index is -0.267. The first-order chi connectivity index (χ1) is 10.8. The number of aryl methyl sites for hydroxylation is 5. The second-order valence-corrected chi connectivity index (χ2v) is 7.26. The summed E-state index contributed by atoms with van der Waals surface area (Å²) in [5.41, 5.74) is 6.08. The van der Waals surface area contributed by atoms with Crippen LogP contribution in [0.5, 0.6) is 0 Å². The van der Waals surface area contributed by atoms with Crippen molar-refractivity contribution in [2.75, 3.05) is 5.32 Å². The van der Waals surface area contributed by atoms with Crippen LogP contribution in [0.25, 0.3) is 0 Å². The molecule has 0 aliphatic heterocycles. The smallest absolute Gasteiger partial charge is 0.237 e. The molecule has 0 saturated carbocycles. The van der Waals surface area contributed by atoms with Crippen LogP contribution in [-0.2, 0) is 4.79 Å². The van der Waals surface area contributed by atoms with Gasteiger partial charge in [0, 0.05) is 17.1 Å². The summed E-state index contributed by atoms with van der Waals surface area (Å²) in [6.45, 7) is 11.8. The fourth-order valence-electron chi connectivity index (χ4n) is 2.56. The van der Waals surface area contributed by atoms with Crippen LogP contribution >= 0.6 is 11.8 Å². The first-order valence-electron chi connectivity index (χ1n) is 7.64. The Morgan fingerprint density at radius 3 is 2.04 bits per heavy atom. The van der Waals surface area contributed by atoms with E-state index in [9.17, 15) is 4.79 Å². The van der Waals surface area contributed by atoms with Gasteiger partial charge in [0.15, 0.2) is 5.16 Å². The molecule has 2 aromatic rings. The normalized spacial score (nSPS) is 12.1. The number of amides is 1. The Morgan fingerprint density at radius 1 is 1.00 bits per heavy atom. The minimum Gasteiger partial charge on any atom is -0.325 e. The lowest BCUT2D eigenvalue weighted by Crippen LogP contribution is -2.23. The van der Waals surface area contributed by atoms with Crippen molar-refractivity contribution in [3.63, 3.8) is 0 Å². The molecule has 0 aliphatic carbocycles. The van der Waals surface area contributed by atoms with Gasteiger partial charge in [-0.3, -0.25) is 4.79 Å². The van der Waals surface area contributed by atoms with Gasteiger partial charge in [-0.2, -0.15) is 0 Å². The maximum absolute atomic E-state index is 12.5. The SMILES string of the molecule is Cc1cc(C)c(NC(=O)[C@@H](C)Sc2nc(C)cc(C)n2)c(C)c1. The predicted octanol–water partition coefficient (Wildman–Crippen LogP) is 4.14. The largest absolute Gasteiger partial charge is 0.325 e. The van der Waals surface area contributed by atoms with Gasteiger partial charge in [-0.15, -0.1) is 0 Å². The average molecular weight is 329 g/mol. The Hall–Kier alpha value is -1.88. The van der Waals surface area contributed by atoms with E-state index in [0.717, 1.165) is 28.2 Å². The van der Waals surface area contributed by atoms with Crippen molar-refractivity contribution in [3.05, 3.63) is 46.3 Å². The van der Waals surface area contributed by atoms with Gasteiger partial charge in [0.05, 0.1) is 5.25 Å². The van der Waals surface area contributed by atoms with Gasteiger partial charge in [0.25, 0.3) is 0 Å². The third-order valence-electron chi connectivity index (χ3n) is 3.54. The first kappa shape index (κ1) is 17.5. The lowest BCUT2D eigenvalue weighted by molar-refractivity contribution is -0.115. The van der Waals surface area contributed by atoms with Crippen LogP contribution in [0.3, 0.4) is 0 Å². The monoisotopic (exact) mass is 329 g/mol. The number of hydrogen-bond acceptors (Lipinski definition) is 4. The van der Waals surface area contributed by atoms with E-state index in [2.05, 4.69) is 34.3 Å². The summed E-state index contributed by atoms with van der Waals surface area (Å²) in [5, 5.41) is 3.41. The fraction of sp³-hybridized carbons (Fsp3) is 0.389. The summed E-state index contributed by atoms with van der Waals surface area (Å²) in [6.07, 6.45) is 0. The van der Waals surface area contributed by atoms with Crippen LogP contribution in [0.4, 0.5) is 5.69 Å². The number of nitrogens with one attached hydrogen (secondary N) is 1. The number of hydrogen-bond donors (Lipinski definition) is 1. The van der Waals surface area contributed by atoms with Crippen molar-refractivity contribution in [2.24, 2.45) is 0 Å². The molecule has 1 aromatic heterocycles. The molecule has 4 nitrogen and oxygen atoms in total. The fourth-order valence-corrected chi connectivity index (χ4v) is 3.44. The molecule has 0 fully saturated rings. The van der Waals surface area contributed by atoms with Gasteiger partial charge in [-0.1, -0.05) is 29.5 Å². The Kier molecular flexibility index (Phi) is 5.42. The van der Waals surface area contributed by atoms with Crippen molar-refractivity contribution >= 4 is 23.4 Å². The molecular weight excluding hydrogens is 306 g/mol. The van der Waals surface area contributed by atoms with Crippen LogP contribution in [0.1, 0.15) is 35.0 Å². The standard InChI is InChI=1S/C18H23N3OS/c1-10-7-11(2)16(12(3)8-10)21-17(22)15(6)23-18-19-13(4)9-14(5)20-18/h7-9,15H,1-6H3,(H,21,22)/t15-/m1/s1. The summed E-state index contributed by atoms with van der Waals surface area (Å²) in [7, 11) is 0. The van der Waals surface area contributed by atoms with Crippen LogP contribution in [0.15, 0.2) is 23.4 Å². The minimum absolute atomic E-state index is 0.0344. The molecule has 1 N–H and O–H groups in total. The molecule has 122 valence electrons. The van der Waals surface area contributed by atoms with E-state index in [0.29, 0.717) is 5.16 Å². The molecule has 1 aromatic carbocycles. The zero-order valence-corrected chi connectivity index (χ0v) is 15.3. The number of carbonyl (C=O) groups excluding carboxylic acids is 1. The molecule has 0 bridgehead atoms. The van der Waals surface area contributed by atoms with Crippen LogP contribution in [0.2, 0.25) is 0 Å². The lowest BCUT2D eigenvalue weighted by Gasteiger charge is -2.16. The van der Waals surface area contributed by atoms with Crippen molar-refractivity contribution in [1.82, 2.24) is 9.97 Å². The highest BCUT2D eigenvalue weighted by Crippen LogP contribution is 2.25. The third-order valence-corrected chi connectivity index (χ3v) is 4.50. The molecule has 0 aliphatic rings. The Bertz CT molecular complexity index is 700. The van der Waals surface area contributed by atoms with Gasteiger partial charge in [0.1, 0.15) is 0 Å². The first-order valence-corrected chi connectivity index (χ1v) is 8.52. The van der Waals surface area contributed by atoms with Gasteiger partial charge in [-0.05, 0) is 58.7 Å². The molecule has 2 rings (SSSR count). The molecule has 5 heteroatoms. The van der Waals surface area contributed by atoms with Gasteiger partial charge in [0.2, 0.25) is 5.91 Å². The highest BCUT2D eigenvalue weighted by atomic mass is 32.2. The molecule has 1 atom stereocenters. The summed E-state index contributed by atoms with van der Waals surface area (Å²) in [4.78, 5) is 21.3. The summed E-state index contributed by atoms with van der Waals surface area (Å²) < 4.78 is 0. The lowest BCUT2D eigenvalue weighted by atomic mass is 10.1. The van der Waals surface area contributed by atoms with Gasteiger partial charge < -0.3 is 5.32 Å². The zero-order chi connectivity index (χ0) is 17.1. The van der Waals surface area contributed by atoms with E-state index in [1.807, 2.05) is 40.7 Å². The second kappa shape index (κ2) is 7.13. The Balaban J connectivity index is 2.11. The van der Waals surface area contributed by atoms with Crippen molar-refractivity contribution in [2.45, 2.75) is 51.9 Å². The highest BCUT2D eigenvalue weighted by Gasteiger charge is 2.18. The average Bonchev–Trinajstić information content (AvgIpc) is 2.41. The molecule has 1 amide bonds. The summed E-state index contributed by atoms with van der Waals surface area (Å²) in [6, 6.07) is 6.08. The Labute approximate surface area is 142 Å². The molecule has 0 spiro atoms. The molecule has 23 heavy (non-hydrogen) atoms. The number of rotatable bonds is 4. The van der Waals surface area contributed by atoms with E-state index < -0.39 is 0 Å². The third kappa shape index (κ3) is 4.55. The number of benzene rings is 1. The molecule has 0 radical (unpaired) electrons. The second-order valence-electron chi connectivity index (χ2n) is 5.96. The molecule has 1 heterocycles. The molecule has 0 unspecified atom stereocenters. The highest BCUT2D eigenvalue weighted by molar-refractivity contribution is 8.00. The van der Waals surface area contributed by atoms with Crippen LogP contribution in [-0.4, -0.2) is 21.1 Å². The van der Waals surface area contributed by atoms with E-state index >= 15 is 0 Å². The van der Waals surface area contributed by atoms with E-state index in [1.165, 1.54) is 17.3 Å². The van der Waals surface area contributed by atoms with Gasteiger partial charge >= 0.3 is 0 Å². The van der Waals surface area contributed by atoms with Crippen LogP contribution in [0, 0.1) is 34.6 Å². The summed E-state index contributed by atoms with van der Waals surface area (Å²) >= 11 is 1.38. The molecular formula is C18H23N3OS. The predicted molar refractivity (Wildman–Crippen MR) is 96.1 cm³/mol. The number of aromatic nitrogens is 2. The van der Waals surface area contributed by atoms with E-state index in [4.69, 9.17) is 0 Å². The molecule has 0 saturated heterocycles. The van der Waals surface area contributed by atoms with E-state index in [1.54, 1.807) is 0 Å². The topological polar surface area (TPSA) is 54.9 Å². The van der Waals surface area contributed by atoms with Gasteiger partial charge in [-0.25, -0.2) is 9.97 Å².